The van der Waals surface area contributed by atoms with Crippen molar-refractivity contribution in [1.29, 1.82) is 0 Å². The molecule has 1 spiro atoms. The fourth-order valence-corrected chi connectivity index (χ4v) is 3.73. The second kappa shape index (κ2) is 7.98. The lowest BCUT2D eigenvalue weighted by molar-refractivity contribution is -0.135. The number of amides is 4. The van der Waals surface area contributed by atoms with Crippen LogP contribution < -0.4 is 15.4 Å². The zero-order valence-corrected chi connectivity index (χ0v) is 15.9. The first kappa shape index (κ1) is 19.2. The highest BCUT2D eigenvalue weighted by Gasteiger charge is 2.51. The molecule has 27 heavy (non-hydrogen) atoms. The van der Waals surface area contributed by atoms with Gasteiger partial charge in [-0.2, -0.15) is 0 Å². The van der Waals surface area contributed by atoms with Gasteiger partial charge >= 0.3 is 6.03 Å². The Morgan fingerprint density at radius 2 is 1.93 bits per heavy atom. The predicted molar refractivity (Wildman–Crippen MR) is 100 cm³/mol. The summed E-state index contributed by atoms with van der Waals surface area (Å²) in [7, 11) is 0. The molecule has 0 bridgehead atoms. The molecule has 1 saturated carbocycles. The van der Waals surface area contributed by atoms with Crippen LogP contribution in [0.25, 0.3) is 0 Å². The maximum absolute atomic E-state index is 12.7. The van der Waals surface area contributed by atoms with Crippen molar-refractivity contribution in [2.45, 2.75) is 64.1 Å². The van der Waals surface area contributed by atoms with E-state index in [9.17, 15) is 14.4 Å². The topological polar surface area (TPSA) is 87.7 Å². The highest BCUT2D eigenvalue weighted by molar-refractivity contribution is 6.09. The Morgan fingerprint density at radius 1 is 1.22 bits per heavy atom. The fourth-order valence-electron chi connectivity index (χ4n) is 3.73. The third-order valence-corrected chi connectivity index (χ3v) is 5.07. The van der Waals surface area contributed by atoms with Gasteiger partial charge in [-0.25, -0.2) is 4.79 Å². The number of carbonyl (C=O) groups excluding carboxylic acids is 3. The fraction of sp³-hybridized carbons (Fsp3) is 0.550. The average molecular weight is 373 g/mol. The van der Waals surface area contributed by atoms with Crippen molar-refractivity contribution in [2.75, 3.05) is 6.54 Å². The molecule has 1 saturated heterocycles. The lowest BCUT2D eigenvalue weighted by Crippen LogP contribution is -2.49. The van der Waals surface area contributed by atoms with Crippen LogP contribution in [0.4, 0.5) is 4.79 Å². The molecular weight excluding hydrogens is 346 g/mol. The molecule has 3 rings (SSSR count). The van der Waals surface area contributed by atoms with Crippen molar-refractivity contribution in [3.05, 3.63) is 29.8 Å². The number of urea groups is 1. The van der Waals surface area contributed by atoms with Crippen LogP contribution in [0.3, 0.4) is 0 Å². The minimum absolute atomic E-state index is 0.0273. The molecule has 1 aliphatic carbocycles. The van der Waals surface area contributed by atoms with Crippen molar-refractivity contribution in [3.63, 3.8) is 0 Å². The van der Waals surface area contributed by atoms with Gasteiger partial charge in [0.2, 0.25) is 5.91 Å². The van der Waals surface area contributed by atoms with Crippen molar-refractivity contribution >= 4 is 17.8 Å². The number of hydrogen-bond donors (Lipinski definition) is 2. The molecule has 1 heterocycles. The number of imide groups is 1. The van der Waals surface area contributed by atoms with E-state index in [-0.39, 0.29) is 31.0 Å². The van der Waals surface area contributed by atoms with Crippen LogP contribution in [0.2, 0.25) is 0 Å². The molecule has 0 atom stereocenters. The summed E-state index contributed by atoms with van der Waals surface area (Å²) in [6, 6.07) is 7.01. The first-order chi connectivity index (χ1) is 12.9. The third-order valence-electron chi connectivity index (χ3n) is 5.07. The Hall–Kier alpha value is -2.57. The Labute approximate surface area is 159 Å². The van der Waals surface area contributed by atoms with Crippen LogP contribution in [0.1, 0.15) is 51.5 Å². The number of para-hydroxylation sites is 1. The summed E-state index contributed by atoms with van der Waals surface area (Å²) < 4.78 is 5.74. The van der Waals surface area contributed by atoms with Crippen molar-refractivity contribution in [3.8, 4) is 5.75 Å². The van der Waals surface area contributed by atoms with Gasteiger partial charge in [0.05, 0.1) is 6.10 Å². The zero-order valence-electron chi connectivity index (χ0n) is 15.9. The molecule has 0 radical (unpaired) electrons. The molecular formula is C20H27N3O4. The molecule has 1 aliphatic heterocycles. The van der Waals surface area contributed by atoms with Gasteiger partial charge in [-0.15, -0.1) is 0 Å². The summed E-state index contributed by atoms with van der Waals surface area (Å²) in [6.45, 7) is 3.89. The van der Waals surface area contributed by atoms with Crippen LogP contribution in [-0.2, 0) is 16.1 Å². The highest BCUT2D eigenvalue weighted by Crippen LogP contribution is 2.33. The molecule has 0 unspecified atom stereocenters. The Bertz CT molecular complexity index is 726. The second-order valence-corrected chi connectivity index (χ2v) is 7.52. The summed E-state index contributed by atoms with van der Waals surface area (Å²) in [5.41, 5.74) is 0.0494. The van der Waals surface area contributed by atoms with E-state index in [1.807, 2.05) is 38.1 Å². The predicted octanol–water partition coefficient (Wildman–Crippen LogP) is 2.34. The number of nitrogens with zero attached hydrogens (tertiary/aromatic N) is 1. The van der Waals surface area contributed by atoms with Crippen LogP contribution in [0, 0.1) is 0 Å². The quantitative estimate of drug-likeness (QED) is 0.749. The molecule has 7 heteroatoms. The van der Waals surface area contributed by atoms with E-state index in [4.69, 9.17) is 4.74 Å². The van der Waals surface area contributed by atoms with E-state index in [1.165, 1.54) is 0 Å². The highest BCUT2D eigenvalue weighted by atomic mass is 16.5. The number of rotatable bonds is 6. The van der Waals surface area contributed by atoms with Gasteiger partial charge in [0.1, 0.15) is 17.8 Å². The third kappa shape index (κ3) is 4.23. The van der Waals surface area contributed by atoms with E-state index in [2.05, 4.69) is 10.6 Å². The minimum atomic E-state index is -0.798. The maximum Gasteiger partial charge on any atom is 0.325 e. The largest absolute Gasteiger partial charge is 0.491 e. The molecule has 0 aromatic heterocycles. The Balaban J connectivity index is 1.58. The normalized spacial score (nSPS) is 18.7. The van der Waals surface area contributed by atoms with Crippen LogP contribution in [0.5, 0.6) is 5.75 Å². The molecule has 7 nitrogen and oxygen atoms in total. The summed E-state index contributed by atoms with van der Waals surface area (Å²) in [5, 5.41) is 5.60. The maximum atomic E-state index is 12.7. The molecule has 1 aromatic rings. The van der Waals surface area contributed by atoms with E-state index in [0.717, 1.165) is 29.7 Å². The van der Waals surface area contributed by atoms with Gasteiger partial charge in [0.15, 0.2) is 0 Å². The van der Waals surface area contributed by atoms with Crippen molar-refractivity contribution in [1.82, 2.24) is 15.5 Å². The van der Waals surface area contributed by atoms with E-state index in [1.54, 1.807) is 0 Å². The van der Waals surface area contributed by atoms with Gasteiger partial charge < -0.3 is 15.4 Å². The standard InChI is InChI=1S/C20H27N3O4/c1-14(2)27-16-9-5-4-8-15(16)12-21-17(24)13-23-18(25)20(22-19(23)26)10-6-3-7-11-20/h4-5,8-9,14H,3,6-7,10-13H2,1-2H3,(H,21,24)(H,22,26). The molecule has 2 fully saturated rings. The summed E-state index contributed by atoms with van der Waals surface area (Å²) >= 11 is 0. The van der Waals surface area contributed by atoms with E-state index >= 15 is 0 Å². The first-order valence-corrected chi connectivity index (χ1v) is 9.57. The second-order valence-electron chi connectivity index (χ2n) is 7.52. The SMILES string of the molecule is CC(C)Oc1ccccc1CNC(=O)CN1C(=O)NC2(CCCCC2)C1=O. The Morgan fingerprint density at radius 3 is 2.63 bits per heavy atom. The molecule has 146 valence electrons. The molecule has 4 amide bonds. The van der Waals surface area contributed by atoms with Crippen molar-refractivity contribution in [2.24, 2.45) is 0 Å². The van der Waals surface area contributed by atoms with Gasteiger partial charge in [-0.05, 0) is 32.8 Å². The Kier molecular flexibility index (Phi) is 5.68. The number of carbonyl (C=O) groups is 3. The average Bonchev–Trinajstić information content (AvgIpc) is 2.85. The van der Waals surface area contributed by atoms with Gasteiger partial charge in [0, 0.05) is 12.1 Å². The molecule has 1 aromatic carbocycles. The van der Waals surface area contributed by atoms with Crippen molar-refractivity contribution < 1.29 is 19.1 Å². The smallest absolute Gasteiger partial charge is 0.325 e. The minimum Gasteiger partial charge on any atom is -0.491 e. The van der Waals surface area contributed by atoms with Gasteiger partial charge in [-0.3, -0.25) is 14.5 Å². The first-order valence-electron chi connectivity index (χ1n) is 9.57. The number of benzene rings is 1. The van der Waals surface area contributed by atoms with E-state index in [0.29, 0.717) is 18.6 Å². The molecule has 2 aliphatic rings. The van der Waals surface area contributed by atoms with Gasteiger partial charge in [-0.1, -0.05) is 37.5 Å². The van der Waals surface area contributed by atoms with Crippen LogP contribution >= 0.6 is 0 Å². The monoisotopic (exact) mass is 373 g/mol. The summed E-state index contributed by atoms with van der Waals surface area (Å²) in [5.74, 6) is 0.0700. The summed E-state index contributed by atoms with van der Waals surface area (Å²) in [6.07, 6.45) is 4.23. The lowest BCUT2D eigenvalue weighted by atomic mass is 9.82. The molecule has 2 N–H and O–H groups in total. The number of hydrogen-bond acceptors (Lipinski definition) is 4. The summed E-state index contributed by atoms with van der Waals surface area (Å²) in [4.78, 5) is 38.3. The van der Waals surface area contributed by atoms with E-state index < -0.39 is 11.6 Å². The van der Waals surface area contributed by atoms with Gasteiger partial charge in [0.25, 0.3) is 5.91 Å². The van der Waals surface area contributed by atoms with Crippen LogP contribution in [-0.4, -0.2) is 40.9 Å². The zero-order chi connectivity index (χ0) is 19.4. The number of ether oxygens (including phenoxy) is 1. The number of nitrogens with one attached hydrogen (secondary N) is 2. The van der Waals surface area contributed by atoms with Crippen LogP contribution in [0.15, 0.2) is 24.3 Å². The lowest BCUT2D eigenvalue weighted by Gasteiger charge is -2.30.